The highest BCUT2D eigenvalue weighted by Gasteiger charge is 2.07. The molecule has 0 aliphatic carbocycles. The summed E-state index contributed by atoms with van der Waals surface area (Å²) in [4.78, 5) is 7.01. The van der Waals surface area contributed by atoms with Gasteiger partial charge in [0.05, 0.1) is 0 Å². The Kier molecular flexibility index (Phi) is 7.62. The third kappa shape index (κ3) is 6.12. The van der Waals surface area contributed by atoms with E-state index < -0.39 is 0 Å². The van der Waals surface area contributed by atoms with E-state index >= 15 is 0 Å². The van der Waals surface area contributed by atoms with Crippen LogP contribution in [0.1, 0.15) is 27.2 Å². The van der Waals surface area contributed by atoms with Crippen LogP contribution in [0.25, 0.3) is 0 Å². The first kappa shape index (κ1) is 15.1. The lowest BCUT2D eigenvalue weighted by atomic mass is 10.1. The summed E-state index contributed by atoms with van der Waals surface area (Å²) >= 11 is 0. The highest BCUT2D eigenvalue weighted by Crippen LogP contribution is 2.02. The Morgan fingerprint density at radius 2 is 1.94 bits per heavy atom. The van der Waals surface area contributed by atoms with E-state index in [1.54, 1.807) is 0 Å². The minimum atomic E-state index is 0.935. The molecule has 0 atom stereocenters. The first-order valence-electron chi connectivity index (χ1n) is 6.97. The molecule has 1 rings (SSSR count). The number of aliphatic imine (C=N–C) groups is 1. The zero-order valence-electron chi connectivity index (χ0n) is 12.1. The largest absolute Gasteiger partial charge is 0.314 e. The van der Waals surface area contributed by atoms with Crippen molar-refractivity contribution in [1.29, 1.82) is 0 Å². The second-order valence-corrected chi connectivity index (χ2v) is 4.85. The molecule has 102 valence electrons. The summed E-state index contributed by atoms with van der Waals surface area (Å²) in [5.74, 6) is 0. The Labute approximate surface area is 112 Å². The number of nitrogens with one attached hydrogen (secondary N) is 1. The molecule has 1 aliphatic rings. The van der Waals surface area contributed by atoms with Gasteiger partial charge in [-0.25, -0.2) is 0 Å². The van der Waals surface area contributed by atoms with Gasteiger partial charge in [0.1, 0.15) is 0 Å². The van der Waals surface area contributed by atoms with E-state index in [1.807, 2.05) is 13.1 Å². The molecule has 0 aromatic carbocycles. The summed E-state index contributed by atoms with van der Waals surface area (Å²) in [7, 11) is 0. The third-order valence-corrected chi connectivity index (χ3v) is 3.29. The average molecular weight is 249 g/mol. The van der Waals surface area contributed by atoms with Crippen LogP contribution in [0.15, 0.2) is 28.3 Å². The number of allylic oxidation sites excluding steroid dienone is 4. The summed E-state index contributed by atoms with van der Waals surface area (Å²) in [6.45, 7) is 13.0. The second-order valence-electron chi connectivity index (χ2n) is 4.85. The number of hydrogen-bond donors (Lipinski definition) is 1. The second kappa shape index (κ2) is 9.06. The Morgan fingerprint density at radius 3 is 2.61 bits per heavy atom. The van der Waals surface area contributed by atoms with Crippen molar-refractivity contribution in [3.05, 3.63) is 23.3 Å². The average Bonchev–Trinajstić information content (AvgIpc) is 2.39. The monoisotopic (exact) mass is 249 g/mol. The van der Waals surface area contributed by atoms with Gasteiger partial charge in [0.2, 0.25) is 0 Å². The Hall–Kier alpha value is -0.930. The quantitative estimate of drug-likeness (QED) is 0.444. The molecule has 0 amide bonds. The lowest BCUT2D eigenvalue weighted by molar-refractivity contribution is 0.240. The fourth-order valence-corrected chi connectivity index (χ4v) is 2.01. The summed E-state index contributed by atoms with van der Waals surface area (Å²) < 4.78 is 0. The molecule has 18 heavy (non-hydrogen) atoms. The van der Waals surface area contributed by atoms with Gasteiger partial charge < -0.3 is 10.2 Å². The molecule has 1 N–H and O–H groups in total. The van der Waals surface area contributed by atoms with Gasteiger partial charge in [-0.3, -0.25) is 4.99 Å². The van der Waals surface area contributed by atoms with Gasteiger partial charge in [0.25, 0.3) is 0 Å². The predicted octanol–water partition coefficient (Wildman–Crippen LogP) is 2.27. The number of nitrogens with zero attached hydrogens (tertiary/aromatic N) is 2. The Balaban J connectivity index is 2.18. The molecular formula is C15H27N3. The number of hydrogen-bond acceptors (Lipinski definition) is 3. The Bertz CT molecular complexity index is 310. The molecule has 0 unspecified atom stereocenters. The zero-order chi connectivity index (χ0) is 13.2. The molecule has 0 bridgehead atoms. The van der Waals surface area contributed by atoms with Crippen molar-refractivity contribution in [2.24, 2.45) is 4.99 Å². The van der Waals surface area contributed by atoms with Crippen LogP contribution in [0.2, 0.25) is 0 Å². The molecule has 0 aromatic heterocycles. The van der Waals surface area contributed by atoms with Crippen LogP contribution in [0.5, 0.6) is 0 Å². The molecule has 1 saturated heterocycles. The van der Waals surface area contributed by atoms with Crippen molar-refractivity contribution in [3.63, 3.8) is 0 Å². The number of rotatable bonds is 6. The van der Waals surface area contributed by atoms with Crippen LogP contribution in [0.3, 0.4) is 0 Å². The topological polar surface area (TPSA) is 27.6 Å². The molecule has 0 saturated carbocycles. The molecule has 0 radical (unpaired) electrons. The maximum Gasteiger partial charge on any atom is 0.0401 e. The lowest BCUT2D eigenvalue weighted by Gasteiger charge is -2.26. The minimum absolute atomic E-state index is 0.935. The predicted molar refractivity (Wildman–Crippen MR) is 80.5 cm³/mol. The van der Waals surface area contributed by atoms with Crippen LogP contribution in [-0.2, 0) is 0 Å². The summed E-state index contributed by atoms with van der Waals surface area (Å²) in [5, 5.41) is 3.37. The first-order valence-corrected chi connectivity index (χ1v) is 6.97. The van der Waals surface area contributed by atoms with Gasteiger partial charge in [0, 0.05) is 38.9 Å². The molecule has 1 fully saturated rings. The van der Waals surface area contributed by atoms with E-state index in [0.29, 0.717) is 0 Å². The first-order chi connectivity index (χ1) is 8.74. The van der Waals surface area contributed by atoms with Crippen molar-refractivity contribution < 1.29 is 0 Å². The van der Waals surface area contributed by atoms with Crippen LogP contribution in [0, 0.1) is 0 Å². The maximum atomic E-state index is 4.50. The summed E-state index contributed by atoms with van der Waals surface area (Å²) in [5.41, 5.74) is 2.55. The van der Waals surface area contributed by atoms with Crippen molar-refractivity contribution in [2.45, 2.75) is 27.2 Å². The normalized spacial score (nSPS) is 19.7. The van der Waals surface area contributed by atoms with Crippen molar-refractivity contribution in [1.82, 2.24) is 10.2 Å². The van der Waals surface area contributed by atoms with Crippen LogP contribution < -0.4 is 5.32 Å². The van der Waals surface area contributed by atoms with E-state index in [2.05, 4.69) is 41.2 Å². The molecular weight excluding hydrogens is 222 g/mol. The Morgan fingerprint density at radius 1 is 1.22 bits per heavy atom. The molecule has 1 aliphatic heterocycles. The van der Waals surface area contributed by atoms with Crippen molar-refractivity contribution in [2.75, 3.05) is 39.3 Å². The van der Waals surface area contributed by atoms with Crippen LogP contribution in [-0.4, -0.2) is 50.4 Å². The number of piperazine rings is 1. The van der Waals surface area contributed by atoms with Gasteiger partial charge >= 0.3 is 0 Å². The molecule has 1 heterocycles. The molecule has 3 heteroatoms. The highest BCUT2D eigenvalue weighted by atomic mass is 15.2. The van der Waals surface area contributed by atoms with E-state index in [9.17, 15) is 0 Å². The van der Waals surface area contributed by atoms with Crippen molar-refractivity contribution >= 4 is 6.21 Å². The van der Waals surface area contributed by atoms with Crippen molar-refractivity contribution in [3.8, 4) is 0 Å². The lowest BCUT2D eigenvalue weighted by Crippen LogP contribution is -2.43. The van der Waals surface area contributed by atoms with Gasteiger partial charge in [-0.1, -0.05) is 12.2 Å². The van der Waals surface area contributed by atoms with Gasteiger partial charge in [0.15, 0.2) is 0 Å². The zero-order valence-corrected chi connectivity index (χ0v) is 12.1. The van der Waals surface area contributed by atoms with E-state index in [1.165, 1.54) is 30.8 Å². The fraction of sp³-hybridized carbons (Fsp3) is 0.667. The standard InChI is InChI=1S/C15H27N3/c1-4-6-14(2)15(3)13-17-7-5-10-18-11-8-16-9-12-18/h4,6,13,16H,5,7-12H2,1-3H3/b6-4+,15-14-,17-13?. The SMILES string of the molecule is C/C=C/C(C)=C(/C)C=NCCCN1CCNCC1. The summed E-state index contributed by atoms with van der Waals surface area (Å²) in [6.07, 6.45) is 7.36. The van der Waals surface area contributed by atoms with E-state index in [0.717, 1.165) is 26.1 Å². The highest BCUT2D eigenvalue weighted by molar-refractivity contribution is 5.79. The van der Waals surface area contributed by atoms with Gasteiger partial charge in [-0.2, -0.15) is 0 Å². The van der Waals surface area contributed by atoms with E-state index in [4.69, 9.17) is 0 Å². The summed E-state index contributed by atoms with van der Waals surface area (Å²) in [6, 6.07) is 0. The van der Waals surface area contributed by atoms with Crippen LogP contribution >= 0.6 is 0 Å². The molecule has 3 nitrogen and oxygen atoms in total. The molecule has 0 spiro atoms. The minimum Gasteiger partial charge on any atom is -0.314 e. The maximum absolute atomic E-state index is 4.50. The van der Waals surface area contributed by atoms with Crippen LogP contribution in [0.4, 0.5) is 0 Å². The third-order valence-electron chi connectivity index (χ3n) is 3.29. The fourth-order valence-electron chi connectivity index (χ4n) is 2.01. The smallest absolute Gasteiger partial charge is 0.0401 e. The van der Waals surface area contributed by atoms with Gasteiger partial charge in [-0.15, -0.1) is 0 Å². The van der Waals surface area contributed by atoms with Gasteiger partial charge in [-0.05, 0) is 44.9 Å². The molecule has 0 aromatic rings. The van der Waals surface area contributed by atoms with E-state index in [-0.39, 0.29) is 0 Å².